The van der Waals surface area contributed by atoms with E-state index < -0.39 is 0 Å². The molecule has 0 spiro atoms. The van der Waals surface area contributed by atoms with Gasteiger partial charge in [-0.2, -0.15) is 0 Å². The van der Waals surface area contributed by atoms with Crippen molar-refractivity contribution in [1.82, 2.24) is 0 Å². The first-order valence-electron chi connectivity index (χ1n) is 6.15. The number of fused-ring (bicyclic) bond motifs is 1. The van der Waals surface area contributed by atoms with Crippen molar-refractivity contribution in [1.29, 1.82) is 0 Å². The number of carbonyl (C=O) groups is 1. The van der Waals surface area contributed by atoms with Gasteiger partial charge in [0.15, 0.2) is 0 Å². The summed E-state index contributed by atoms with van der Waals surface area (Å²) in [6.45, 7) is 10.6. The van der Waals surface area contributed by atoms with Crippen LogP contribution in [0, 0.1) is 5.41 Å². The summed E-state index contributed by atoms with van der Waals surface area (Å²) in [6.07, 6.45) is 0.818. The van der Waals surface area contributed by atoms with Crippen LogP contribution in [0.25, 0.3) is 0 Å². The van der Waals surface area contributed by atoms with E-state index in [1.165, 1.54) is 11.1 Å². The molecule has 2 heteroatoms. The maximum absolute atomic E-state index is 11.8. The molecule has 0 unspecified atom stereocenters. The fraction of sp³-hybridized carbons (Fsp3) is 0.533. The molecule has 1 aliphatic heterocycles. The third-order valence-corrected chi connectivity index (χ3v) is 3.47. The van der Waals surface area contributed by atoms with Gasteiger partial charge in [-0.05, 0) is 29.0 Å². The zero-order chi connectivity index (χ0) is 12.8. The molecule has 0 aliphatic carbocycles. The van der Waals surface area contributed by atoms with E-state index in [1.54, 1.807) is 0 Å². The Hall–Kier alpha value is -1.31. The van der Waals surface area contributed by atoms with E-state index in [1.807, 2.05) is 19.9 Å². The molecule has 1 amide bonds. The Kier molecular flexibility index (Phi) is 2.57. The van der Waals surface area contributed by atoms with Gasteiger partial charge in [0.05, 0.1) is 0 Å². The summed E-state index contributed by atoms with van der Waals surface area (Å²) in [6, 6.07) is 6.37. The summed E-state index contributed by atoms with van der Waals surface area (Å²) in [4.78, 5) is 11.8. The molecule has 1 aromatic rings. The van der Waals surface area contributed by atoms with Crippen molar-refractivity contribution in [2.75, 3.05) is 5.32 Å². The molecule has 1 aromatic carbocycles. The molecule has 1 aliphatic rings. The summed E-state index contributed by atoms with van der Waals surface area (Å²) in [5.41, 5.74) is 3.40. The molecular weight excluding hydrogens is 210 g/mol. The highest BCUT2D eigenvalue weighted by Crippen LogP contribution is 2.35. The van der Waals surface area contributed by atoms with Gasteiger partial charge in [-0.3, -0.25) is 4.79 Å². The maximum atomic E-state index is 11.8. The molecule has 0 fully saturated rings. The Bertz CT molecular complexity index is 466. The van der Waals surface area contributed by atoms with E-state index in [2.05, 4.69) is 38.2 Å². The van der Waals surface area contributed by atoms with Crippen molar-refractivity contribution >= 4 is 11.6 Å². The minimum Gasteiger partial charge on any atom is -0.325 e. The smallest absolute Gasteiger partial charge is 0.230 e. The highest BCUT2D eigenvalue weighted by atomic mass is 16.2. The second kappa shape index (κ2) is 3.59. The standard InChI is InChI=1S/C15H21NO/c1-14(2,3)11-6-7-12-10(8-11)9-15(4,5)13(17)16-12/h6-8H,9H2,1-5H3,(H,16,17). The van der Waals surface area contributed by atoms with E-state index >= 15 is 0 Å². The first-order chi connectivity index (χ1) is 7.70. The molecule has 0 atom stereocenters. The van der Waals surface area contributed by atoms with Crippen molar-refractivity contribution in [3.05, 3.63) is 29.3 Å². The second-order valence-electron chi connectivity index (χ2n) is 6.64. The third-order valence-electron chi connectivity index (χ3n) is 3.47. The SMILES string of the molecule is CC1(C)Cc2cc(C(C)(C)C)ccc2NC1=O. The number of nitrogens with one attached hydrogen (secondary N) is 1. The van der Waals surface area contributed by atoms with Crippen LogP contribution in [0.4, 0.5) is 5.69 Å². The van der Waals surface area contributed by atoms with Crippen molar-refractivity contribution in [2.45, 2.75) is 46.5 Å². The van der Waals surface area contributed by atoms with Crippen LogP contribution < -0.4 is 5.32 Å². The number of hydrogen-bond acceptors (Lipinski definition) is 1. The van der Waals surface area contributed by atoms with Gasteiger partial charge in [-0.1, -0.05) is 46.8 Å². The highest BCUT2D eigenvalue weighted by Gasteiger charge is 2.33. The predicted octanol–water partition coefficient (Wildman–Crippen LogP) is 3.50. The number of rotatable bonds is 0. The van der Waals surface area contributed by atoms with Crippen LogP contribution in [-0.4, -0.2) is 5.91 Å². The van der Waals surface area contributed by atoms with Crippen molar-refractivity contribution in [2.24, 2.45) is 5.41 Å². The number of benzene rings is 1. The second-order valence-corrected chi connectivity index (χ2v) is 6.64. The zero-order valence-electron chi connectivity index (χ0n) is 11.3. The Morgan fingerprint density at radius 2 is 1.88 bits per heavy atom. The molecule has 0 aromatic heterocycles. The highest BCUT2D eigenvalue weighted by molar-refractivity contribution is 5.98. The Morgan fingerprint density at radius 3 is 2.47 bits per heavy atom. The molecule has 92 valence electrons. The van der Waals surface area contributed by atoms with Gasteiger partial charge in [0.2, 0.25) is 5.91 Å². The molecule has 17 heavy (non-hydrogen) atoms. The number of hydrogen-bond donors (Lipinski definition) is 1. The van der Waals surface area contributed by atoms with E-state index in [9.17, 15) is 4.79 Å². The van der Waals surface area contributed by atoms with Crippen LogP contribution in [0.1, 0.15) is 45.7 Å². The fourth-order valence-electron chi connectivity index (χ4n) is 2.18. The predicted molar refractivity (Wildman–Crippen MR) is 71.3 cm³/mol. The van der Waals surface area contributed by atoms with Gasteiger partial charge >= 0.3 is 0 Å². The molecule has 0 bridgehead atoms. The zero-order valence-corrected chi connectivity index (χ0v) is 11.3. The summed E-state index contributed by atoms with van der Waals surface area (Å²) in [5.74, 6) is 0.119. The van der Waals surface area contributed by atoms with Crippen molar-refractivity contribution < 1.29 is 4.79 Å². The monoisotopic (exact) mass is 231 g/mol. The molecule has 1 heterocycles. The van der Waals surface area contributed by atoms with Crippen LogP contribution in [0.2, 0.25) is 0 Å². The van der Waals surface area contributed by atoms with Gasteiger partial charge in [0, 0.05) is 11.1 Å². The van der Waals surface area contributed by atoms with Crippen molar-refractivity contribution in [3.8, 4) is 0 Å². The lowest BCUT2D eigenvalue weighted by molar-refractivity contribution is -0.124. The van der Waals surface area contributed by atoms with Crippen LogP contribution in [0.5, 0.6) is 0 Å². The number of carbonyl (C=O) groups excluding carboxylic acids is 1. The van der Waals surface area contributed by atoms with Crippen molar-refractivity contribution in [3.63, 3.8) is 0 Å². The first kappa shape index (κ1) is 12.2. The molecule has 1 N–H and O–H groups in total. The average molecular weight is 231 g/mol. The van der Waals surface area contributed by atoms with Crippen LogP contribution in [0.3, 0.4) is 0 Å². The topological polar surface area (TPSA) is 29.1 Å². The van der Waals surface area contributed by atoms with E-state index in [-0.39, 0.29) is 16.7 Å². The average Bonchev–Trinajstić information content (AvgIpc) is 2.17. The first-order valence-corrected chi connectivity index (χ1v) is 6.15. The lowest BCUT2D eigenvalue weighted by Crippen LogP contribution is -2.37. The molecular formula is C15H21NO. The summed E-state index contributed by atoms with van der Waals surface area (Å²) < 4.78 is 0. The Morgan fingerprint density at radius 1 is 1.24 bits per heavy atom. The fourth-order valence-corrected chi connectivity index (χ4v) is 2.18. The summed E-state index contributed by atoms with van der Waals surface area (Å²) >= 11 is 0. The molecule has 2 nitrogen and oxygen atoms in total. The summed E-state index contributed by atoms with van der Waals surface area (Å²) in [5, 5.41) is 2.99. The van der Waals surface area contributed by atoms with Gasteiger partial charge in [-0.25, -0.2) is 0 Å². The van der Waals surface area contributed by atoms with Gasteiger partial charge in [0.1, 0.15) is 0 Å². The lowest BCUT2D eigenvalue weighted by Gasteiger charge is -2.32. The maximum Gasteiger partial charge on any atom is 0.230 e. The summed E-state index contributed by atoms with van der Waals surface area (Å²) in [7, 11) is 0. The van der Waals surface area contributed by atoms with Crippen LogP contribution >= 0.6 is 0 Å². The van der Waals surface area contributed by atoms with Crippen LogP contribution in [-0.2, 0) is 16.6 Å². The minimum atomic E-state index is -0.302. The van der Waals surface area contributed by atoms with E-state index in [4.69, 9.17) is 0 Å². The van der Waals surface area contributed by atoms with Gasteiger partial charge < -0.3 is 5.32 Å². The molecule has 2 rings (SSSR count). The number of amides is 1. The Balaban J connectivity index is 2.45. The van der Waals surface area contributed by atoms with E-state index in [0.717, 1.165) is 12.1 Å². The molecule has 0 saturated heterocycles. The quantitative estimate of drug-likeness (QED) is 0.727. The lowest BCUT2D eigenvalue weighted by atomic mass is 9.78. The third kappa shape index (κ3) is 2.21. The van der Waals surface area contributed by atoms with Gasteiger partial charge in [-0.15, -0.1) is 0 Å². The van der Waals surface area contributed by atoms with E-state index in [0.29, 0.717) is 0 Å². The molecule has 0 radical (unpaired) electrons. The molecule has 0 saturated carbocycles. The largest absolute Gasteiger partial charge is 0.325 e. The normalized spacial score (nSPS) is 18.5. The number of anilines is 1. The Labute approximate surface area is 103 Å². The van der Waals surface area contributed by atoms with Gasteiger partial charge in [0.25, 0.3) is 0 Å². The van der Waals surface area contributed by atoms with Crippen LogP contribution in [0.15, 0.2) is 18.2 Å². The minimum absolute atomic E-state index is 0.119.